The van der Waals surface area contributed by atoms with E-state index in [0.29, 0.717) is 5.56 Å². The molecular weight excluding hydrogens is 380 g/mol. The van der Waals surface area contributed by atoms with Crippen LogP contribution in [-0.4, -0.2) is 10.5 Å². The molecule has 31 heavy (non-hydrogen) atoms. The molecule has 3 heteroatoms. The van der Waals surface area contributed by atoms with Crippen molar-refractivity contribution in [3.05, 3.63) is 82.7 Å². The summed E-state index contributed by atoms with van der Waals surface area (Å²) in [6.07, 6.45) is 4.06. The fraction of sp³-hybridized carbons (Fsp3) is 0.393. The minimum absolute atomic E-state index is 0.0909. The van der Waals surface area contributed by atoms with Crippen molar-refractivity contribution < 1.29 is 4.79 Å². The molecule has 3 rings (SSSR count). The number of carbonyl (C=O) groups excluding carboxylic acids is 1. The van der Waals surface area contributed by atoms with Gasteiger partial charge in [0.25, 0.3) is 5.91 Å². The molecular formula is C28H36N2O. The quantitative estimate of drug-likeness (QED) is 0.451. The number of unbranched alkanes of at least 4 members (excludes halogenated alkanes) is 1. The van der Waals surface area contributed by atoms with Gasteiger partial charge in [-0.25, -0.2) is 0 Å². The molecule has 0 atom stereocenters. The van der Waals surface area contributed by atoms with Crippen LogP contribution in [0.3, 0.4) is 0 Å². The SMILES string of the molecule is CCCCc1c(-c2ccc(C(C)(C)C)cc2)c(C(N)=O)c(C)n1CCc1ccccc1. The predicted molar refractivity (Wildman–Crippen MR) is 131 cm³/mol. The van der Waals surface area contributed by atoms with Crippen molar-refractivity contribution in [1.82, 2.24) is 4.57 Å². The van der Waals surface area contributed by atoms with Crippen molar-refractivity contribution >= 4 is 5.91 Å². The largest absolute Gasteiger partial charge is 0.366 e. The van der Waals surface area contributed by atoms with E-state index in [4.69, 9.17) is 5.73 Å². The monoisotopic (exact) mass is 416 g/mol. The summed E-state index contributed by atoms with van der Waals surface area (Å²) in [5.74, 6) is -0.344. The summed E-state index contributed by atoms with van der Waals surface area (Å²) in [6.45, 7) is 11.7. The van der Waals surface area contributed by atoms with Crippen LogP contribution in [0.25, 0.3) is 11.1 Å². The van der Waals surface area contributed by atoms with Gasteiger partial charge < -0.3 is 10.3 Å². The second-order valence-corrected chi connectivity index (χ2v) is 9.46. The Morgan fingerprint density at radius 1 is 0.968 bits per heavy atom. The Labute approximate surface area is 187 Å². The van der Waals surface area contributed by atoms with Gasteiger partial charge in [0.15, 0.2) is 0 Å². The molecule has 0 aliphatic carbocycles. The second-order valence-electron chi connectivity index (χ2n) is 9.46. The standard InChI is InChI=1S/C28H36N2O/c1-6-7-13-24-26(22-14-16-23(17-15-22)28(3,4)5)25(27(29)31)20(2)30(24)19-18-21-11-9-8-10-12-21/h8-12,14-17H,6-7,13,18-19H2,1-5H3,(H2,29,31). The molecule has 0 spiro atoms. The lowest BCUT2D eigenvalue weighted by atomic mass is 9.86. The summed E-state index contributed by atoms with van der Waals surface area (Å²) < 4.78 is 2.33. The zero-order valence-electron chi connectivity index (χ0n) is 19.7. The summed E-state index contributed by atoms with van der Waals surface area (Å²) >= 11 is 0. The average molecular weight is 417 g/mol. The van der Waals surface area contributed by atoms with Gasteiger partial charge in [-0.1, -0.05) is 88.7 Å². The second kappa shape index (κ2) is 9.55. The number of aryl methyl sites for hydroxylation is 1. The van der Waals surface area contributed by atoms with E-state index in [9.17, 15) is 4.79 Å². The molecule has 3 aromatic rings. The molecule has 0 saturated heterocycles. The molecule has 0 fully saturated rings. The molecule has 164 valence electrons. The highest BCUT2D eigenvalue weighted by Gasteiger charge is 2.25. The summed E-state index contributed by atoms with van der Waals surface area (Å²) in [4.78, 5) is 12.6. The van der Waals surface area contributed by atoms with Crippen LogP contribution in [0.1, 0.15) is 73.4 Å². The van der Waals surface area contributed by atoms with Gasteiger partial charge in [0.05, 0.1) is 5.56 Å². The van der Waals surface area contributed by atoms with Crippen LogP contribution >= 0.6 is 0 Å². The van der Waals surface area contributed by atoms with Crippen LogP contribution < -0.4 is 5.73 Å². The van der Waals surface area contributed by atoms with E-state index in [1.807, 2.05) is 13.0 Å². The number of amides is 1. The molecule has 0 aliphatic rings. The molecule has 0 aliphatic heterocycles. The fourth-order valence-corrected chi connectivity index (χ4v) is 4.34. The normalized spacial score (nSPS) is 11.6. The van der Waals surface area contributed by atoms with Crippen LogP contribution in [-0.2, 0) is 24.8 Å². The zero-order valence-corrected chi connectivity index (χ0v) is 19.7. The molecule has 2 aromatic carbocycles. The first-order chi connectivity index (χ1) is 14.7. The topological polar surface area (TPSA) is 48.0 Å². The molecule has 1 aromatic heterocycles. The smallest absolute Gasteiger partial charge is 0.251 e. The third-order valence-electron chi connectivity index (χ3n) is 6.15. The third-order valence-corrected chi connectivity index (χ3v) is 6.15. The van der Waals surface area contributed by atoms with Crippen molar-refractivity contribution in [2.24, 2.45) is 5.73 Å². The lowest BCUT2D eigenvalue weighted by Gasteiger charge is -2.19. The van der Waals surface area contributed by atoms with Crippen LogP contribution in [0, 0.1) is 6.92 Å². The molecule has 0 unspecified atom stereocenters. The molecule has 3 nitrogen and oxygen atoms in total. The minimum Gasteiger partial charge on any atom is -0.366 e. The van der Waals surface area contributed by atoms with Crippen molar-refractivity contribution in [2.75, 3.05) is 0 Å². The summed E-state index contributed by atoms with van der Waals surface area (Å²) in [5, 5.41) is 0. The van der Waals surface area contributed by atoms with E-state index < -0.39 is 0 Å². The number of hydrogen-bond acceptors (Lipinski definition) is 1. The van der Waals surface area contributed by atoms with Gasteiger partial charge in [-0.3, -0.25) is 4.79 Å². The van der Waals surface area contributed by atoms with E-state index in [1.165, 1.54) is 16.8 Å². The number of carbonyl (C=O) groups is 1. The Hall–Kier alpha value is -2.81. The predicted octanol–water partition coefficient (Wildman–Crippen LogP) is 6.45. The number of nitrogens with zero attached hydrogens (tertiary/aromatic N) is 1. The average Bonchev–Trinajstić information content (AvgIpc) is 3.02. The van der Waals surface area contributed by atoms with Crippen LogP contribution in [0.4, 0.5) is 0 Å². The van der Waals surface area contributed by atoms with Gasteiger partial charge in [-0.05, 0) is 48.3 Å². The van der Waals surface area contributed by atoms with E-state index in [2.05, 4.69) is 80.8 Å². The Kier molecular flexibility index (Phi) is 7.04. The van der Waals surface area contributed by atoms with Crippen LogP contribution in [0.2, 0.25) is 0 Å². The van der Waals surface area contributed by atoms with Crippen molar-refractivity contribution in [3.63, 3.8) is 0 Å². The van der Waals surface area contributed by atoms with Crippen LogP contribution in [0.5, 0.6) is 0 Å². The van der Waals surface area contributed by atoms with Gasteiger partial charge in [0, 0.05) is 23.5 Å². The number of aromatic nitrogens is 1. The fourth-order valence-electron chi connectivity index (χ4n) is 4.34. The van der Waals surface area contributed by atoms with Crippen molar-refractivity contribution in [2.45, 2.75) is 72.3 Å². The lowest BCUT2D eigenvalue weighted by molar-refractivity contribution is 0.1000. The summed E-state index contributed by atoms with van der Waals surface area (Å²) in [6, 6.07) is 19.2. The zero-order chi connectivity index (χ0) is 22.6. The first kappa shape index (κ1) is 22.9. The van der Waals surface area contributed by atoms with E-state index in [0.717, 1.165) is 49.0 Å². The molecule has 1 heterocycles. The molecule has 2 N–H and O–H groups in total. The third kappa shape index (κ3) is 5.10. The number of benzene rings is 2. The number of nitrogens with two attached hydrogens (primary N) is 1. The number of rotatable bonds is 8. The Bertz CT molecular complexity index is 1020. The Morgan fingerprint density at radius 2 is 1.61 bits per heavy atom. The van der Waals surface area contributed by atoms with Gasteiger partial charge >= 0.3 is 0 Å². The summed E-state index contributed by atoms with van der Waals surface area (Å²) in [5.41, 5.74) is 13.6. The van der Waals surface area contributed by atoms with E-state index in [-0.39, 0.29) is 11.3 Å². The van der Waals surface area contributed by atoms with Gasteiger partial charge in [0.2, 0.25) is 0 Å². The first-order valence-corrected chi connectivity index (χ1v) is 11.4. The highest BCUT2D eigenvalue weighted by atomic mass is 16.1. The van der Waals surface area contributed by atoms with Crippen molar-refractivity contribution in [1.29, 1.82) is 0 Å². The van der Waals surface area contributed by atoms with Crippen molar-refractivity contribution in [3.8, 4) is 11.1 Å². The van der Waals surface area contributed by atoms with Gasteiger partial charge in [0.1, 0.15) is 0 Å². The minimum atomic E-state index is -0.344. The number of primary amides is 1. The van der Waals surface area contributed by atoms with E-state index >= 15 is 0 Å². The first-order valence-electron chi connectivity index (χ1n) is 11.4. The molecule has 1 amide bonds. The summed E-state index contributed by atoms with van der Waals surface area (Å²) in [7, 11) is 0. The maximum atomic E-state index is 12.6. The highest BCUT2D eigenvalue weighted by Crippen LogP contribution is 2.35. The van der Waals surface area contributed by atoms with Crippen LogP contribution in [0.15, 0.2) is 54.6 Å². The molecule has 0 radical (unpaired) electrons. The lowest BCUT2D eigenvalue weighted by Crippen LogP contribution is -2.14. The maximum Gasteiger partial charge on any atom is 0.251 e. The highest BCUT2D eigenvalue weighted by molar-refractivity contribution is 6.02. The molecule has 0 saturated carbocycles. The van der Waals surface area contributed by atoms with Gasteiger partial charge in [-0.2, -0.15) is 0 Å². The maximum absolute atomic E-state index is 12.6. The molecule has 0 bridgehead atoms. The Morgan fingerprint density at radius 3 is 2.16 bits per heavy atom. The Balaban J connectivity index is 2.10. The number of hydrogen-bond donors (Lipinski definition) is 1. The van der Waals surface area contributed by atoms with Gasteiger partial charge in [-0.15, -0.1) is 0 Å². The van der Waals surface area contributed by atoms with E-state index in [1.54, 1.807) is 0 Å².